The molecule has 118 valence electrons. The zero-order valence-electron chi connectivity index (χ0n) is 13.8. The van der Waals surface area contributed by atoms with Crippen LogP contribution in [0.5, 0.6) is 11.5 Å². The summed E-state index contributed by atoms with van der Waals surface area (Å²) in [6.45, 7) is 10.5. The van der Waals surface area contributed by atoms with Gasteiger partial charge in [0.15, 0.2) is 0 Å². The number of nitrogens with one attached hydrogen (secondary N) is 1. The molecule has 0 bridgehead atoms. The lowest BCUT2D eigenvalue weighted by Crippen LogP contribution is -2.37. The van der Waals surface area contributed by atoms with Crippen molar-refractivity contribution in [1.29, 1.82) is 0 Å². The molecule has 4 nitrogen and oxygen atoms in total. The fourth-order valence-electron chi connectivity index (χ4n) is 2.75. The highest BCUT2D eigenvalue weighted by Crippen LogP contribution is 2.34. The Kier molecular flexibility index (Phi) is 5.12. The molecule has 0 fully saturated rings. The first-order chi connectivity index (χ1) is 9.95. The van der Waals surface area contributed by atoms with Gasteiger partial charge in [0.1, 0.15) is 17.6 Å². The summed E-state index contributed by atoms with van der Waals surface area (Å²) < 4.78 is 17.0. The van der Waals surface area contributed by atoms with Gasteiger partial charge in [0.05, 0.1) is 12.7 Å². The minimum absolute atomic E-state index is 0.163. The van der Waals surface area contributed by atoms with Gasteiger partial charge in [0.2, 0.25) is 0 Å². The fraction of sp³-hybridized carbons (Fsp3) is 0.647. The summed E-state index contributed by atoms with van der Waals surface area (Å²) >= 11 is 0. The molecule has 1 aliphatic heterocycles. The molecule has 1 heterocycles. The molecule has 1 aromatic carbocycles. The third-order valence-corrected chi connectivity index (χ3v) is 3.70. The lowest BCUT2D eigenvalue weighted by Gasteiger charge is -2.25. The van der Waals surface area contributed by atoms with Gasteiger partial charge in [0, 0.05) is 37.2 Å². The largest absolute Gasteiger partial charge is 0.496 e. The van der Waals surface area contributed by atoms with Crippen LogP contribution in [-0.4, -0.2) is 32.0 Å². The van der Waals surface area contributed by atoms with Crippen LogP contribution in [0.3, 0.4) is 0 Å². The fourth-order valence-corrected chi connectivity index (χ4v) is 2.75. The van der Waals surface area contributed by atoms with Crippen LogP contribution in [0.4, 0.5) is 0 Å². The molecule has 21 heavy (non-hydrogen) atoms. The van der Waals surface area contributed by atoms with Crippen molar-refractivity contribution in [3.8, 4) is 11.5 Å². The summed E-state index contributed by atoms with van der Waals surface area (Å²) in [6.07, 6.45) is 1.21. The Morgan fingerprint density at radius 3 is 2.81 bits per heavy atom. The Hall–Kier alpha value is -1.26. The molecule has 0 spiro atoms. The molecule has 1 unspecified atom stereocenters. The van der Waals surface area contributed by atoms with E-state index in [1.54, 1.807) is 7.11 Å². The van der Waals surface area contributed by atoms with Crippen LogP contribution in [0.15, 0.2) is 12.1 Å². The van der Waals surface area contributed by atoms with Crippen LogP contribution in [0.1, 0.15) is 38.8 Å². The van der Waals surface area contributed by atoms with E-state index in [0.29, 0.717) is 0 Å². The van der Waals surface area contributed by atoms with Crippen LogP contribution in [0.2, 0.25) is 0 Å². The van der Waals surface area contributed by atoms with Gasteiger partial charge in [-0.2, -0.15) is 0 Å². The van der Waals surface area contributed by atoms with Crippen molar-refractivity contribution in [2.24, 2.45) is 0 Å². The third kappa shape index (κ3) is 4.11. The third-order valence-electron chi connectivity index (χ3n) is 3.70. The number of ether oxygens (including phenoxy) is 3. The second-order valence-electron chi connectivity index (χ2n) is 6.20. The Bertz CT molecular complexity index is 485. The summed E-state index contributed by atoms with van der Waals surface area (Å²) in [4.78, 5) is 0. The molecule has 0 amide bonds. The summed E-state index contributed by atoms with van der Waals surface area (Å²) in [6, 6.07) is 4.20. The van der Waals surface area contributed by atoms with Crippen molar-refractivity contribution in [3.05, 3.63) is 23.3 Å². The molecule has 0 saturated heterocycles. The molecule has 1 aliphatic rings. The average molecular weight is 293 g/mol. The van der Waals surface area contributed by atoms with Gasteiger partial charge in [-0.25, -0.2) is 0 Å². The van der Waals surface area contributed by atoms with Gasteiger partial charge >= 0.3 is 0 Å². The molecule has 1 N–H and O–H groups in total. The first kappa shape index (κ1) is 16.1. The number of benzene rings is 1. The molecular weight excluding hydrogens is 266 g/mol. The normalized spacial score (nSPS) is 17.5. The van der Waals surface area contributed by atoms with Crippen LogP contribution in [0, 0.1) is 0 Å². The van der Waals surface area contributed by atoms with Crippen molar-refractivity contribution in [2.45, 2.75) is 52.4 Å². The van der Waals surface area contributed by atoms with Crippen LogP contribution in [-0.2, 0) is 17.7 Å². The highest BCUT2D eigenvalue weighted by molar-refractivity contribution is 5.48. The lowest BCUT2D eigenvalue weighted by atomic mass is 10.1. The predicted molar refractivity (Wildman–Crippen MR) is 84.2 cm³/mol. The Morgan fingerprint density at radius 1 is 1.38 bits per heavy atom. The topological polar surface area (TPSA) is 39.7 Å². The molecule has 0 radical (unpaired) electrons. The molecule has 0 aliphatic carbocycles. The van der Waals surface area contributed by atoms with Gasteiger partial charge in [0.25, 0.3) is 0 Å². The van der Waals surface area contributed by atoms with E-state index in [1.165, 1.54) is 5.56 Å². The van der Waals surface area contributed by atoms with Crippen molar-refractivity contribution in [1.82, 2.24) is 5.32 Å². The van der Waals surface area contributed by atoms with E-state index in [9.17, 15) is 0 Å². The Balaban J connectivity index is 2.02. The SMILES string of the molecule is CCOC(C)(C)CNCc1cc2c(cc1OC)CC(C)O2. The van der Waals surface area contributed by atoms with Gasteiger partial charge < -0.3 is 19.5 Å². The van der Waals surface area contributed by atoms with Gasteiger partial charge in [-0.1, -0.05) is 0 Å². The molecule has 1 atom stereocenters. The average Bonchev–Trinajstić information content (AvgIpc) is 2.76. The van der Waals surface area contributed by atoms with E-state index in [-0.39, 0.29) is 11.7 Å². The quantitative estimate of drug-likeness (QED) is 0.839. The van der Waals surface area contributed by atoms with Crippen molar-refractivity contribution >= 4 is 0 Å². The van der Waals surface area contributed by atoms with E-state index < -0.39 is 0 Å². The van der Waals surface area contributed by atoms with Gasteiger partial charge in [-0.05, 0) is 39.8 Å². The zero-order valence-corrected chi connectivity index (χ0v) is 13.8. The molecule has 1 aromatic rings. The summed E-state index contributed by atoms with van der Waals surface area (Å²) in [5.41, 5.74) is 2.19. The van der Waals surface area contributed by atoms with Gasteiger partial charge in [-0.15, -0.1) is 0 Å². The Morgan fingerprint density at radius 2 is 2.14 bits per heavy atom. The Labute approximate surface area is 127 Å². The van der Waals surface area contributed by atoms with Crippen LogP contribution >= 0.6 is 0 Å². The van der Waals surface area contributed by atoms with Crippen molar-refractivity contribution in [3.63, 3.8) is 0 Å². The minimum Gasteiger partial charge on any atom is -0.496 e. The zero-order chi connectivity index (χ0) is 15.5. The van der Waals surface area contributed by atoms with Crippen LogP contribution < -0.4 is 14.8 Å². The molecule has 0 saturated carbocycles. The molecule has 2 rings (SSSR count). The maximum absolute atomic E-state index is 5.82. The number of hydrogen-bond acceptors (Lipinski definition) is 4. The van der Waals surface area contributed by atoms with Crippen molar-refractivity contribution < 1.29 is 14.2 Å². The van der Waals surface area contributed by atoms with E-state index >= 15 is 0 Å². The second-order valence-corrected chi connectivity index (χ2v) is 6.20. The van der Waals surface area contributed by atoms with E-state index in [2.05, 4.69) is 38.2 Å². The monoisotopic (exact) mass is 293 g/mol. The molecular formula is C17H27NO3. The molecule has 0 aromatic heterocycles. The number of rotatable bonds is 7. The highest BCUT2D eigenvalue weighted by atomic mass is 16.5. The number of methoxy groups -OCH3 is 1. The van der Waals surface area contributed by atoms with E-state index in [0.717, 1.165) is 43.2 Å². The minimum atomic E-state index is -0.163. The number of hydrogen-bond donors (Lipinski definition) is 1. The van der Waals surface area contributed by atoms with Crippen LogP contribution in [0.25, 0.3) is 0 Å². The maximum atomic E-state index is 5.82. The summed E-state index contributed by atoms with van der Waals surface area (Å²) in [5, 5.41) is 3.44. The first-order valence-electron chi connectivity index (χ1n) is 7.66. The maximum Gasteiger partial charge on any atom is 0.123 e. The van der Waals surface area contributed by atoms with E-state index in [4.69, 9.17) is 14.2 Å². The summed E-state index contributed by atoms with van der Waals surface area (Å²) in [5.74, 6) is 1.91. The second kappa shape index (κ2) is 6.67. The first-order valence-corrected chi connectivity index (χ1v) is 7.66. The lowest BCUT2D eigenvalue weighted by molar-refractivity contribution is -0.00900. The molecule has 4 heteroatoms. The standard InChI is InChI=1S/C17H27NO3/c1-6-20-17(3,4)11-18-10-14-9-16-13(7-12(2)21-16)8-15(14)19-5/h8-9,12,18H,6-7,10-11H2,1-5H3. The summed E-state index contributed by atoms with van der Waals surface area (Å²) in [7, 11) is 1.72. The van der Waals surface area contributed by atoms with Crippen molar-refractivity contribution in [2.75, 3.05) is 20.3 Å². The number of fused-ring (bicyclic) bond motifs is 1. The smallest absolute Gasteiger partial charge is 0.123 e. The van der Waals surface area contributed by atoms with E-state index in [1.807, 2.05) is 6.92 Å². The highest BCUT2D eigenvalue weighted by Gasteiger charge is 2.22. The predicted octanol–water partition coefficient (Wildman–Crippen LogP) is 2.92. The van der Waals surface area contributed by atoms with Gasteiger partial charge in [-0.3, -0.25) is 0 Å².